The van der Waals surface area contributed by atoms with Crippen LogP contribution in [0.25, 0.3) is 11.3 Å². The highest BCUT2D eigenvalue weighted by molar-refractivity contribution is 7.71. The van der Waals surface area contributed by atoms with E-state index in [1.54, 1.807) is 4.68 Å². The molecule has 7 heteroatoms. The molecule has 18 heavy (non-hydrogen) atoms. The molecule has 1 N–H and O–H groups in total. The molecular formula is C11H9N5OS. The lowest BCUT2D eigenvalue weighted by Crippen LogP contribution is -2.00. The van der Waals surface area contributed by atoms with E-state index in [0.717, 1.165) is 11.3 Å². The first kappa shape index (κ1) is 10.8. The van der Waals surface area contributed by atoms with Crippen molar-refractivity contribution in [2.75, 3.05) is 0 Å². The number of benzene rings is 1. The van der Waals surface area contributed by atoms with Crippen LogP contribution in [0.3, 0.4) is 0 Å². The minimum absolute atomic E-state index is 0.258. The van der Waals surface area contributed by atoms with E-state index in [-0.39, 0.29) is 4.84 Å². The normalized spacial score (nSPS) is 10.7. The van der Waals surface area contributed by atoms with Crippen molar-refractivity contribution in [3.8, 4) is 11.3 Å². The van der Waals surface area contributed by atoms with Gasteiger partial charge in [0.25, 0.3) is 4.84 Å². The first-order valence-corrected chi connectivity index (χ1v) is 5.72. The van der Waals surface area contributed by atoms with Gasteiger partial charge in [0.05, 0.1) is 6.20 Å². The standard InChI is InChI=1S/C11H9N5OS/c18-11-14-13-10(17-11)7-16-6-9(12-15-16)8-4-2-1-3-5-8/h1-6H,7H2,(H,14,18). The molecule has 0 atom stereocenters. The third-order valence-electron chi connectivity index (χ3n) is 2.39. The Labute approximate surface area is 107 Å². The predicted octanol–water partition coefficient (Wildman–Crippen LogP) is 2.04. The molecule has 0 unspecified atom stereocenters. The van der Waals surface area contributed by atoms with Crippen molar-refractivity contribution in [3.63, 3.8) is 0 Å². The highest BCUT2D eigenvalue weighted by Crippen LogP contribution is 2.15. The number of aromatic amines is 1. The van der Waals surface area contributed by atoms with Crippen LogP contribution in [0.15, 0.2) is 40.9 Å². The minimum Gasteiger partial charge on any atom is -0.412 e. The summed E-state index contributed by atoms with van der Waals surface area (Å²) in [5.74, 6) is 0.476. The molecule has 1 aromatic carbocycles. The SMILES string of the molecule is S=c1[nH]nc(Cn2cc(-c3ccccc3)nn2)o1. The molecule has 2 heterocycles. The van der Waals surface area contributed by atoms with E-state index in [9.17, 15) is 0 Å². The Bertz CT molecular complexity index is 699. The summed E-state index contributed by atoms with van der Waals surface area (Å²) in [5, 5.41) is 14.6. The zero-order chi connectivity index (χ0) is 12.4. The monoisotopic (exact) mass is 259 g/mol. The molecule has 3 aromatic rings. The fraction of sp³-hybridized carbons (Fsp3) is 0.0909. The largest absolute Gasteiger partial charge is 0.412 e. The molecule has 0 radical (unpaired) electrons. The average Bonchev–Trinajstić information content (AvgIpc) is 3.01. The molecule has 0 fully saturated rings. The summed E-state index contributed by atoms with van der Waals surface area (Å²) >= 11 is 4.80. The Hall–Kier alpha value is -2.28. The van der Waals surface area contributed by atoms with Gasteiger partial charge < -0.3 is 4.42 Å². The summed E-state index contributed by atoms with van der Waals surface area (Å²) in [6.45, 7) is 0.396. The van der Waals surface area contributed by atoms with Crippen LogP contribution >= 0.6 is 12.2 Å². The van der Waals surface area contributed by atoms with Gasteiger partial charge >= 0.3 is 0 Å². The van der Waals surface area contributed by atoms with Crippen molar-refractivity contribution in [2.45, 2.75) is 6.54 Å². The van der Waals surface area contributed by atoms with Gasteiger partial charge in [0.15, 0.2) is 0 Å². The van der Waals surface area contributed by atoms with E-state index >= 15 is 0 Å². The lowest BCUT2D eigenvalue weighted by molar-refractivity contribution is 0.450. The molecule has 0 aliphatic carbocycles. The number of hydrogen-bond acceptors (Lipinski definition) is 5. The van der Waals surface area contributed by atoms with Crippen molar-refractivity contribution in [3.05, 3.63) is 47.3 Å². The van der Waals surface area contributed by atoms with Crippen LogP contribution in [0.1, 0.15) is 5.89 Å². The van der Waals surface area contributed by atoms with Gasteiger partial charge in [-0.2, -0.15) is 0 Å². The molecule has 0 aliphatic rings. The maximum Gasteiger partial charge on any atom is 0.284 e. The number of aromatic nitrogens is 5. The molecule has 0 amide bonds. The molecule has 0 spiro atoms. The second kappa shape index (κ2) is 4.53. The van der Waals surface area contributed by atoms with E-state index in [4.69, 9.17) is 16.6 Å². The van der Waals surface area contributed by atoms with Crippen LogP contribution in [0, 0.1) is 4.84 Å². The fourth-order valence-corrected chi connectivity index (χ4v) is 1.73. The summed E-state index contributed by atoms with van der Waals surface area (Å²) in [5.41, 5.74) is 1.83. The first-order valence-electron chi connectivity index (χ1n) is 5.31. The Balaban J connectivity index is 1.84. The maximum absolute atomic E-state index is 5.16. The van der Waals surface area contributed by atoms with Crippen LogP contribution in [-0.2, 0) is 6.54 Å². The highest BCUT2D eigenvalue weighted by atomic mass is 32.1. The van der Waals surface area contributed by atoms with Crippen LogP contribution in [0.4, 0.5) is 0 Å². The molecule has 3 rings (SSSR count). The zero-order valence-electron chi connectivity index (χ0n) is 9.28. The molecule has 90 valence electrons. The quantitative estimate of drug-likeness (QED) is 0.729. The molecular weight excluding hydrogens is 250 g/mol. The fourth-order valence-electron chi connectivity index (χ4n) is 1.58. The second-order valence-electron chi connectivity index (χ2n) is 3.67. The summed E-state index contributed by atoms with van der Waals surface area (Å²) in [6, 6.07) is 9.84. The van der Waals surface area contributed by atoms with Crippen LogP contribution < -0.4 is 0 Å². The first-order chi connectivity index (χ1) is 8.81. The predicted molar refractivity (Wildman–Crippen MR) is 66.2 cm³/mol. The molecule has 0 aliphatic heterocycles. The van der Waals surface area contributed by atoms with Crippen molar-refractivity contribution in [2.24, 2.45) is 0 Å². The molecule has 0 saturated heterocycles. The Morgan fingerprint density at radius 1 is 1.28 bits per heavy atom. The van der Waals surface area contributed by atoms with Crippen molar-refractivity contribution in [1.82, 2.24) is 25.2 Å². The second-order valence-corrected chi connectivity index (χ2v) is 4.05. The number of nitrogens with zero attached hydrogens (tertiary/aromatic N) is 4. The molecule has 2 aromatic heterocycles. The average molecular weight is 259 g/mol. The Morgan fingerprint density at radius 3 is 2.83 bits per heavy atom. The van der Waals surface area contributed by atoms with Gasteiger partial charge in [-0.15, -0.1) is 10.2 Å². The Morgan fingerprint density at radius 2 is 2.11 bits per heavy atom. The third kappa shape index (κ3) is 2.21. The summed E-state index contributed by atoms with van der Waals surface area (Å²) in [6.07, 6.45) is 1.84. The van der Waals surface area contributed by atoms with Crippen molar-refractivity contribution in [1.29, 1.82) is 0 Å². The summed E-state index contributed by atoms with van der Waals surface area (Å²) < 4.78 is 6.81. The number of hydrogen-bond donors (Lipinski definition) is 1. The van der Waals surface area contributed by atoms with E-state index in [1.807, 2.05) is 36.5 Å². The topological polar surface area (TPSA) is 72.5 Å². The van der Waals surface area contributed by atoms with Gasteiger partial charge in [-0.05, 0) is 12.2 Å². The van der Waals surface area contributed by atoms with Gasteiger partial charge in [-0.1, -0.05) is 35.5 Å². The lowest BCUT2D eigenvalue weighted by Gasteiger charge is -1.94. The third-order valence-corrected chi connectivity index (χ3v) is 2.56. The van der Waals surface area contributed by atoms with Crippen molar-refractivity contribution < 1.29 is 4.42 Å². The van der Waals surface area contributed by atoms with Gasteiger partial charge in [-0.25, -0.2) is 9.78 Å². The summed E-state index contributed by atoms with van der Waals surface area (Å²) in [4.78, 5) is 0.258. The highest BCUT2D eigenvalue weighted by Gasteiger charge is 2.06. The smallest absolute Gasteiger partial charge is 0.284 e. The maximum atomic E-state index is 5.16. The van der Waals surface area contributed by atoms with Crippen LogP contribution in [0.5, 0.6) is 0 Å². The van der Waals surface area contributed by atoms with Gasteiger partial charge in [0.1, 0.15) is 12.2 Å². The van der Waals surface area contributed by atoms with E-state index in [0.29, 0.717) is 12.4 Å². The molecule has 0 bridgehead atoms. The van der Waals surface area contributed by atoms with Gasteiger partial charge in [-0.3, -0.25) is 0 Å². The number of H-pyrrole nitrogens is 1. The van der Waals surface area contributed by atoms with E-state index < -0.39 is 0 Å². The van der Waals surface area contributed by atoms with Crippen LogP contribution in [-0.4, -0.2) is 25.2 Å². The van der Waals surface area contributed by atoms with Gasteiger partial charge in [0, 0.05) is 5.56 Å². The van der Waals surface area contributed by atoms with Crippen molar-refractivity contribution >= 4 is 12.2 Å². The Kier molecular flexibility index (Phi) is 2.73. The van der Waals surface area contributed by atoms with E-state index in [1.165, 1.54) is 0 Å². The molecule has 6 nitrogen and oxygen atoms in total. The van der Waals surface area contributed by atoms with Gasteiger partial charge in [0.2, 0.25) is 5.89 Å². The molecule has 0 saturated carbocycles. The lowest BCUT2D eigenvalue weighted by atomic mass is 10.2. The number of rotatable bonds is 3. The minimum atomic E-state index is 0.258. The number of nitrogens with one attached hydrogen (secondary N) is 1. The van der Waals surface area contributed by atoms with E-state index in [2.05, 4.69) is 20.5 Å². The van der Waals surface area contributed by atoms with Crippen LogP contribution in [0.2, 0.25) is 0 Å². The zero-order valence-corrected chi connectivity index (χ0v) is 10.1. The summed E-state index contributed by atoms with van der Waals surface area (Å²) in [7, 11) is 0.